The molecule has 6 rings (SSSR count). The fraction of sp³-hybridized carbons (Fsp3) is 0.132. The van der Waals surface area contributed by atoms with Gasteiger partial charge in [0, 0.05) is 60.8 Å². The Morgan fingerprint density at radius 3 is 2.11 bits per heavy atom. The number of urea groups is 1. The molecule has 0 radical (unpaired) electrons. The van der Waals surface area contributed by atoms with Crippen molar-refractivity contribution in [2.24, 2.45) is 11.5 Å². The summed E-state index contributed by atoms with van der Waals surface area (Å²) in [6.07, 6.45) is 8.56. The second kappa shape index (κ2) is 12.6. The third-order valence-electron chi connectivity index (χ3n) is 8.73. The zero-order valence-electron chi connectivity index (χ0n) is 26.1. The SMILES string of the molecule is CC(=O)/C(C(=O)N(C)C(N)=O)=C1C(=C\C=C(\N)c2cccc3c(Cl)ccc(C)c23)\CCC\1=C/C=c1/[nH]c2ccc(Cl)c3cccc1c23. The largest absolute Gasteiger partial charge is 0.398 e. The number of fused-ring (bicyclic) bond motifs is 1. The third kappa shape index (κ3) is 5.73. The average molecular weight is 664 g/mol. The van der Waals surface area contributed by atoms with Crippen molar-refractivity contribution in [3.05, 3.63) is 128 Å². The Labute approximate surface area is 281 Å². The number of nitrogens with two attached hydrogens (primary N) is 2. The minimum absolute atomic E-state index is 0.115. The molecule has 0 spiro atoms. The number of carbonyl (C=O) groups excluding carboxylic acids is 3. The van der Waals surface area contributed by atoms with Gasteiger partial charge in [0.25, 0.3) is 5.91 Å². The van der Waals surface area contributed by atoms with E-state index in [2.05, 4.69) is 4.98 Å². The van der Waals surface area contributed by atoms with Crippen molar-refractivity contribution in [2.75, 3.05) is 7.05 Å². The number of aromatic nitrogens is 1. The number of Topliss-reactive ketones (excluding diaryl/α,β-unsaturated/α-hetero) is 1. The van der Waals surface area contributed by atoms with E-state index >= 15 is 0 Å². The lowest BCUT2D eigenvalue weighted by atomic mass is 9.94. The van der Waals surface area contributed by atoms with Crippen LogP contribution in [0.1, 0.15) is 30.9 Å². The molecular formula is C38H32Cl2N4O3. The lowest BCUT2D eigenvalue weighted by Crippen LogP contribution is -2.39. The van der Waals surface area contributed by atoms with Crippen LogP contribution in [0, 0.1) is 6.92 Å². The van der Waals surface area contributed by atoms with Crippen molar-refractivity contribution in [3.63, 3.8) is 0 Å². The molecule has 3 amide bonds. The molecule has 0 atom stereocenters. The highest BCUT2D eigenvalue weighted by Crippen LogP contribution is 2.39. The minimum Gasteiger partial charge on any atom is -0.398 e. The quantitative estimate of drug-likeness (QED) is 0.102. The van der Waals surface area contributed by atoms with Gasteiger partial charge in [0.15, 0.2) is 5.78 Å². The lowest BCUT2D eigenvalue weighted by molar-refractivity contribution is -0.126. The highest BCUT2D eigenvalue weighted by molar-refractivity contribution is 6.37. The average Bonchev–Trinajstić information content (AvgIpc) is 3.62. The zero-order valence-corrected chi connectivity index (χ0v) is 27.6. The molecule has 0 aliphatic heterocycles. The number of H-pyrrole nitrogens is 1. The van der Waals surface area contributed by atoms with Gasteiger partial charge in [-0.1, -0.05) is 77.8 Å². The van der Waals surface area contributed by atoms with Crippen molar-refractivity contribution < 1.29 is 14.4 Å². The number of allylic oxidation sites excluding steroid dienone is 6. The van der Waals surface area contributed by atoms with E-state index in [-0.39, 0.29) is 5.57 Å². The number of rotatable bonds is 5. The molecule has 5 aromatic rings. The Bertz CT molecular complexity index is 2340. The van der Waals surface area contributed by atoms with Crippen LogP contribution in [0.25, 0.3) is 44.2 Å². The molecule has 1 aliphatic rings. The fourth-order valence-corrected chi connectivity index (χ4v) is 6.82. The van der Waals surface area contributed by atoms with E-state index < -0.39 is 17.7 Å². The first-order valence-electron chi connectivity index (χ1n) is 15.0. The second-order valence-electron chi connectivity index (χ2n) is 11.6. The topological polar surface area (TPSA) is 122 Å². The predicted molar refractivity (Wildman–Crippen MR) is 192 cm³/mol. The summed E-state index contributed by atoms with van der Waals surface area (Å²) in [5.41, 5.74) is 17.3. The monoisotopic (exact) mass is 662 g/mol. The molecule has 1 fully saturated rings. The van der Waals surface area contributed by atoms with Crippen LogP contribution in [-0.4, -0.2) is 34.7 Å². The summed E-state index contributed by atoms with van der Waals surface area (Å²) >= 11 is 13.0. The molecule has 1 saturated carbocycles. The summed E-state index contributed by atoms with van der Waals surface area (Å²) in [5.74, 6) is -1.25. The van der Waals surface area contributed by atoms with Crippen LogP contribution in [0.4, 0.5) is 4.79 Å². The summed E-state index contributed by atoms with van der Waals surface area (Å²) in [4.78, 5) is 42.9. The number of nitrogens with one attached hydrogen (secondary N) is 1. The molecule has 47 heavy (non-hydrogen) atoms. The Morgan fingerprint density at radius 2 is 1.43 bits per heavy atom. The van der Waals surface area contributed by atoms with Gasteiger partial charge in [-0.3, -0.25) is 14.5 Å². The molecule has 0 saturated heterocycles. The van der Waals surface area contributed by atoms with E-state index in [9.17, 15) is 14.4 Å². The molecule has 4 aromatic carbocycles. The maximum absolute atomic E-state index is 13.5. The molecule has 0 bridgehead atoms. The first-order valence-corrected chi connectivity index (χ1v) is 15.8. The maximum atomic E-state index is 13.5. The fourth-order valence-electron chi connectivity index (χ4n) is 6.38. The van der Waals surface area contributed by atoms with Crippen LogP contribution in [0.3, 0.4) is 0 Å². The van der Waals surface area contributed by atoms with Crippen LogP contribution in [0.15, 0.2) is 101 Å². The van der Waals surface area contributed by atoms with Gasteiger partial charge in [0.2, 0.25) is 0 Å². The van der Waals surface area contributed by atoms with Gasteiger partial charge in [-0.25, -0.2) is 4.79 Å². The van der Waals surface area contributed by atoms with E-state index in [0.29, 0.717) is 34.2 Å². The van der Waals surface area contributed by atoms with Gasteiger partial charge in [-0.05, 0) is 84.7 Å². The number of likely N-dealkylation sites (N-methyl/N-ethyl adjacent to an activating group) is 1. The van der Waals surface area contributed by atoms with Crippen LogP contribution >= 0.6 is 23.2 Å². The van der Waals surface area contributed by atoms with Gasteiger partial charge in [0.1, 0.15) is 0 Å². The van der Waals surface area contributed by atoms with Crippen molar-refractivity contribution in [1.82, 2.24) is 9.88 Å². The first-order chi connectivity index (χ1) is 22.5. The number of benzene rings is 4. The number of ketones is 1. The standard InChI is InChI=1S/C38H32Cl2N4O3/c1-20-10-15-28(39)24-6-4-8-26(33(20)24)30(41)17-13-22-11-12-23(35(22)34(21(2)45)37(46)44(3)38(42)47)14-18-31-27-9-5-7-25-29(40)16-19-32(43-31)36(25)27/h4-10,13-19,43H,11-12,41H2,1-3H3,(H2,42,47)/b22-13+,23-14+,30-17+,31-18+,35-34-. The van der Waals surface area contributed by atoms with E-state index in [1.807, 2.05) is 85.8 Å². The number of halogens is 2. The highest BCUT2D eigenvalue weighted by Gasteiger charge is 2.31. The van der Waals surface area contributed by atoms with E-state index in [4.69, 9.17) is 34.7 Å². The number of nitrogens with zero attached hydrogens (tertiary/aromatic N) is 1. The number of imide groups is 1. The molecular weight excluding hydrogens is 631 g/mol. The van der Waals surface area contributed by atoms with Crippen molar-refractivity contribution >= 4 is 85.1 Å². The molecule has 236 valence electrons. The molecule has 1 aromatic heterocycles. The number of hydrogen-bond acceptors (Lipinski definition) is 4. The number of primary amides is 1. The summed E-state index contributed by atoms with van der Waals surface area (Å²) in [5, 5.41) is 6.97. The lowest BCUT2D eigenvalue weighted by Gasteiger charge is -2.17. The summed E-state index contributed by atoms with van der Waals surface area (Å²) in [7, 11) is 1.26. The minimum atomic E-state index is -0.959. The summed E-state index contributed by atoms with van der Waals surface area (Å²) < 4.78 is 0. The summed E-state index contributed by atoms with van der Waals surface area (Å²) in [6.45, 7) is 3.32. The number of hydrogen-bond donors (Lipinski definition) is 3. The van der Waals surface area contributed by atoms with Gasteiger partial charge >= 0.3 is 6.03 Å². The number of aryl methyl sites for hydroxylation is 1. The van der Waals surface area contributed by atoms with Crippen LogP contribution < -0.4 is 16.8 Å². The zero-order chi connectivity index (χ0) is 33.6. The van der Waals surface area contributed by atoms with Gasteiger partial charge in [-0.2, -0.15) is 0 Å². The van der Waals surface area contributed by atoms with E-state index in [0.717, 1.165) is 65.0 Å². The second-order valence-corrected chi connectivity index (χ2v) is 12.4. The van der Waals surface area contributed by atoms with Gasteiger partial charge < -0.3 is 16.5 Å². The van der Waals surface area contributed by atoms with E-state index in [1.54, 1.807) is 6.08 Å². The molecule has 5 N–H and O–H groups in total. The molecule has 7 nitrogen and oxygen atoms in total. The van der Waals surface area contributed by atoms with Crippen molar-refractivity contribution in [2.45, 2.75) is 26.7 Å². The highest BCUT2D eigenvalue weighted by atomic mass is 35.5. The number of amides is 3. The third-order valence-corrected chi connectivity index (χ3v) is 9.39. The van der Waals surface area contributed by atoms with Crippen LogP contribution in [0.5, 0.6) is 0 Å². The Balaban J connectivity index is 1.53. The Morgan fingerprint density at radius 1 is 0.809 bits per heavy atom. The van der Waals surface area contributed by atoms with E-state index in [1.165, 1.54) is 14.0 Å². The van der Waals surface area contributed by atoms with Crippen LogP contribution in [-0.2, 0) is 9.59 Å². The molecule has 9 heteroatoms. The first kappa shape index (κ1) is 31.9. The van der Waals surface area contributed by atoms with Crippen molar-refractivity contribution in [3.8, 4) is 0 Å². The van der Waals surface area contributed by atoms with Gasteiger partial charge in [0.05, 0.1) is 5.57 Å². The molecule has 1 aliphatic carbocycles. The van der Waals surface area contributed by atoms with Gasteiger partial charge in [-0.15, -0.1) is 0 Å². The molecule has 0 unspecified atom stereocenters. The summed E-state index contributed by atoms with van der Waals surface area (Å²) in [6, 6.07) is 18.4. The van der Waals surface area contributed by atoms with Crippen molar-refractivity contribution in [1.29, 1.82) is 0 Å². The number of aromatic amines is 1. The Hall–Kier alpha value is -5.11. The molecule has 1 heterocycles. The van der Waals surface area contributed by atoms with Crippen LogP contribution in [0.2, 0.25) is 10.0 Å². The predicted octanol–water partition coefficient (Wildman–Crippen LogP) is 7.66. The maximum Gasteiger partial charge on any atom is 0.321 e. The normalized spacial score (nSPS) is 17.0. The smallest absolute Gasteiger partial charge is 0.321 e. The number of carbonyl (C=O) groups is 3. The Kier molecular flexibility index (Phi) is 8.53.